The molecule has 0 unspecified atom stereocenters. The zero-order valence-electron chi connectivity index (χ0n) is 8.49. The number of benzene rings is 1. The Morgan fingerprint density at radius 3 is 2.73 bits per heavy atom. The fourth-order valence-corrected chi connectivity index (χ4v) is 1.83. The van der Waals surface area contributed by atoms with Crippen LogP contribution in [0, 0.1) is 18.4 Å². The molecule has 0 fully saturated rings. The first-order chi connectivity index (χ1) is 7.22. The number of rotatable bonds is 4. The summed E-state index contributed by atoms with van der Waals surface area (Å²) in [4.78, 5) is 10.9. The zero-order valence-corrected chi connectivity index (χ0v) is 9.30. The Morgan fingerprint density at radius 1 is 1.47 bits per heavy atom. The van der Waals surface area contributed by atoms with Crippen LogP contribution in [0.2, 0.25) is 0 Å². The number of carbonyl (C=O) groups is 1. The summed E-state index contributed by atoms with van der Waals surface area (Å²) in [6.07, 6.45) is 1.61. The van der Waals surface area contributed by atoms with Gasteiger partial charge in [-0.15, -0.1) is 11.8 Å². The van der Waals surface area contributed by atoms with E-state index in [1.54, 1.807) is 6.19 Å². The van der Waals surface area contributed by atoms with E-state index in [0.29, 0.717) is 5.75 Å². The quantitative estimate of drug-likeness (QED) is 0.622. The average Bonchev–Trinajstić information content (AvgIpc) is 2.21. The molecule has 0 radical (unpaired) electrons. The average molecular weight is 220 g/mol. The molecule has 0 aliphatic heterocycles. The van der Waals surface area contributed by atoms with Gasteiger partial charge < -0.3 is 0 Å². The lowest BCUT2D eigenvalue weighted by Gasteiger charge is -2.01. The van der Waals surface area contributed by atoms with Crippen molar-refractivity contribution < 1.29 is 4.79 Å². The number of nitrogens with one attached hydrogen (secondary N) is 1. The molecule has 0 aliphatic carbocycles. The molecule has 15 heavy (non-hydrogen) atoms. The minimum Gasteiger partial charge on any atom is -0.273 e. The van der Waals surface area contributed by atoms with Gasteiger partial charge in [-0.25, -0.2) is 0 Å². The molecule has 78 valence electrons. The summed E-state index contributed by atoms with van der Waals surface area (Å²) in [5, 5.41) is 10.3. The fraction of sp³-hybridized carbons (Fsp3) is 0.273. The summed E-state index contributed by atoms with van der Waals surface area (Å²) in [7, 11) is 0. The third-order valence-electron chi connectivity index (χ3n) is 1.82. The molecule has 0 aliphatic rings. The summed E-state index contributed by atoms with van der Waals surface area (Å²) in [5.41, 5.74) is 2.42. The first-order valence-corrected chi connectivity index (χ1v) is 5.69. The predicted octanol–water partition coefficient (Wildman–Crippen LogP) is 1.83. The van der Waals surface area contributed by atoms with Crippen LogP contribution in [0.1, 0.15) is 11.1 Å². The van der Waals surface area contributed by atoms with E-state index in [4.69, 9.17) is 5.26 Å². The van der Waals surface area contributed by atoms with Crippen molar-refractivity contribution in [2.75, 3.05) is 5.75 Å². The summed E-state index contributed by atoms with van der Waals surface area (Å²) in [6.45, 7) is 2.04. The molecule has 0 aromatic heterocycles. The number of nitriles is 1. The van der Waals surface area contributed by atoms with Gasteiger partial charge in [-0.1, -0.05) is 29.8 Å². The molecule has 0 saturated heterocycles. The minimum atomic E-state index is -0.241. The summed E-state index contributed by atoms with van der Waals surface area (Å²) < 4.78 is 0. The number of hydrogen-bond donors (Lipinski definition) is 1. The molecular formula is C11H12N2OS. The molecule has 0 atom stereocenters. The molecule has 4 heteroatoms. The van der Waals surface area contributed by atoms with Gasteiger partial charge in [0.1, 0.15) is 0 Å². The maximum atomic E-state index is 10.9. The summed E-state index contributed by atoms with van der Waals surface area (Å²) in [6, 6.07) is 8.19. The highest BCUT2D eigenvalue weighted by Gasteiger charge is 2.00. The van der Waals surface area contributed by atoms with Crippen molar-refractivity contribution in [3.8, 4) is 6.19 Å². The van der Waals surface area contributed by atoms with Gasteiger partial charge in [0.15, 0.2) is 6.19 Å². The van der Waals surface area contributed by atoms with Gasteiger partial charge in [-0.2, -0.15) is 5.26 Å². The van der Waals surface area contributed by atoms with Crippen LogP contribution in [0.25, 0.3) is 0 Å². The highest BCUT2D eigenvalue weighted by atomic mass is 32.2. The smallest absolute Gasteiger partial charge is 0.242 e. The third kappa shape index (κ3) is 4.52. The van der Waals surface area contributed by atoms with Gasteiger partial charge in [0.05, 0.1) is 5.75 Å². The maximum absolute atomic E-state index is 10.9. The number of amides is 1. The van der Waals surface area contributed by atoms with Crippen LogP contribution in [0.4, 0.5) is 0 Å². The Labute approximate surface area is 93.5 Å². The Morgan fingerprint density at radius 2 is 2.13 bits per heavy atom. The van der Waals surface area contributed by atoms with Gasteiger partial charge in [-0.3, -0.25) is 10.1 Å². The molecule has 0 bridgehead atoms. The minimum absolute atomic E-state index is 0.241. The van der Waals surface area contributed by atoms with Crippen LogP contribution >= 0.6 is 11.8 Å². The highest BCUT2D eigenvalue weighted by molar-refractivity contribution is 7.99. The predicted molar refractivity (Wildman–Crippen MR) is 61.1 cm³/mol. The second-order valence-corrected chi connectivity index (χ2v) is 4.12. The van der Waals surface area contributed by atoms with Crippen molar-refractivity contribution in [1.29, 1.82) is 5.26 Å². The van der Waals surface area contributed by atoms with E-state index in [1.807, 2.05) is 31.2 Å². The SMILES string of the molecule is Cc1ccc(CSCC(=O)NC#N)cc1. The Bertz CT molecular complexity index is 367. The van der Waals surface area contributed by atoms with Gasteiger partial charge in [0.25, 0.3) is 0 Å². The van der Waals surface area contributed by atoms with Crippen LogP contribution in [-0.4, -0.2) is 11.7 Å². The van der Waals surface area contributed by atoms with Gasteiger partial charge in [-0.05, 0) is 12.5 Å². The van der Waals surface area contributed by atoms with Crippen LogP contribution < -0.4 is 5.32 Å². The third-order valence-corrected chi connectivity index (χ3v) is 2.82. The molecule has 1 amide bonds. The fourth-order valence-electron chi connectivity index (χ4n) is 1.04. The number of hydrogen-bond acceptors (Lipinski definition) is 3. The Hall–Kier alpha value is -1.47. The topological polar surface area (TPSA) is 52.9 Å². The van der Waals surface area contributed by atoms with Crippen LogP contribution in [-0.2, 0) is 10.5 Å². The molecule has 1 N–H and O–H groups in total. The van der Waals surface area contributed by atoms with Crippen molar-refractivity contribution >= 4 is 17.7 Å². The second-order valence-electron chi connectivity index (χ2n) is 3.14. The molecule has 0 spiro atoms. The van der Waals surface area contributed by atoms with Gasteiger partial charge in [0.2, 0.25) is 5.91 Å². The molecule has 1 aromatic rings. The van der Waals surface area contributed by atoms with Crippen LogP contribution in [0.3, 0.4) is 0 Å². The lowest BCUT2D eigenvalue weighted by Crippen LogP contribution is -2.19. The largest absolute Gasteiger partial charge is 0.273 e. The number of carbonyl (C=O) groups excluding carboxylic acids is 1. The zero-order chi connectivity index (χ0) is 11.1. The lowest BCUT2D eigenvalue weighted by molar-refractivity contribution is -0.117. The van der Waals surface area contributed by atoms with E-state index in [2.05, 4.69) is 5.32 Å². The standard InChI is InChI=1S/C11H12N2OS/c1-9-2-4-10(5-3-9)6-15-7-11(14)13-8-12/h2-5H,6-7H2,1H3,(H,13,14). The van der Waals surface area contributed by atoms with Crippen molar-refractivity contribution in [1.82, 2.24) is 5.32 Å². The van der Waals surface area contributed by atoms with E-state index >= 15 is 0 Å². The van der Waals surface area contributed by atoms with Gasteiger partial charge >= 0.3 is 0 Å². The van der Waals surface area contributed by atoms with Crippen LogP contribution in [0.15, 0.2) is 24.3 Å². The molecule has 1 rings (SSSR count). The first-order valence-electron chi connectivity index (χ1n) is 4.53. The maximum Gasteiger partial charge on any atom is 0.242 e. The van der Waals surface area contributed by atoms with Crippen LogP contribution in [0.5, 0.6) is 0 Å². The highest BCUT2D eigenvalue weighted by Crippen LogP contribution is 2.12. The van der Waals surface area contributed by atoms with Crippen molar-refractivity contribution in [2.24, 2.45) is 0 Å². The van der Waals surface area contributed by atoms with E-state index in [9.17, 15) is 4.79 Å². The molecule has 0 saturated carbocycles. The Balaban J connectivity index is 2.29. The molecule has 0 heterocycles. The molecule has 1 aromatic carbocycles. The number of aryl methyl sites for hydroxylation is 1. The van der Waals surface area contributed by atoms with Crippen molar-refractivity contribution in [3.05, 3.63) is 35.4 Å². The van der Waals surface area contributed by atoms with E-state index < -0.39 is 0 Å². The van der Waals surface area contributed by atoms with Gasteiger partial charge in [0, 0.05) is 5.75 Å². The lowest BCUT2D eigenvalue weighted by atomic mass is 10.2. The number of nitrogens with zero attached hydrogens (tertiary/aromatic N) is 1. The van der Waals surface area contributed by atoms with Crippen molar-refractivity contribution in [3.63, 3.8) is 0 Å². The normalized spacial score (nSPS) is 9.33. The van der Waals surface area contributed by atoms with Crippen molar-refractivity contribution in [2.45, 2.75) is 12.7 Å². The van der Waals surface area contributed by atoms with E-state index in [-0.39, 0.29) is 5.91 Å². The number of thioether (sulfide) groups is 1. The van der Waals surface area contributed by atoms with E-state index in [1.165, 1.54) is 22.9 Å². The monoisotopic (exact) mass is 220 g/mol. The Kier molecular flexibility index (Phi) is 4.72. The second kappa shape index (κ2) is 6.10. The molecular weight excluding hydrogens is 208 g/mol. The summed E-state index contributed by atoms with van der Waals surface area (Å²) >= 11 is 1.50. The first kappa shape index (κ1) is 11.6. The molecule has 3 nitrogen and oxygen atoms in total. The van der Waals surface area contributed by atoms with E-state index in [0.717, 1.165) is 5.75 Å². The summed E-state index contributed by atoms with van der Waals surface area (Å²) in [5.74, 6) is 0.871.